The maximum Gasteiger partial charge on any atom is 0.317 e. The van der Waals surface area contributed by atoms with Gasteiger partial charge in [-0.1, -0.05) is 63.2 Å². The summed E-state index contributed by atoms with van der Waals surface area (Å²) in [5.41, 5.74) is 2.43. The molecule has 0 fully saturated rings. The summed E-state index contributed by atoms with van der Waals surface area (Å²) in [6.07, 6.45) is 0.491. The third kappa shape index (κ3) is 7.65. The van der Waals surface area contributed by atoms with Crippen LogP contribution in [0.25, 0.3) is 0 Å². The first-order valence-electron chi connectivity index (χ1n) is 11.2. The molecule has 0 heterocycles. The van der Waals surface area contributed by atoms with E-state index < -0.39 is 5.97 Å². The molecule has 0 aliphatic carbocycles. The minimum Gasteiger partial charge on any atom is -0.486 e. The van der Waals surface area contributed by atoms with Gasteiger partial charge in [0.25, 0.3) is 0 Å². The fourth-order valence-corrected chi connectivity index (χ4v) is 3.52. The first-order chi connectivity index (χ1) is 15.7. The van der Waals surface area contributed by atoms with Gasteiger partial charge in [0.15, 0.2) is 0 Å². The molecule has 0 radical (unpaired) electrons. The highest BCUT2D eigenvalue weighted by Crippen LogP contribution is 2.30. The first-order valence-corrected chi connectivity index (χ1v) is 11.2. The molecular formula is C28H33NO4. The van der Waals surface area contributed by atoms with Crippen LogP contribution in [0.4, 0.5) is 0 Å². The molecule has 0 aliphatic heterocycles. The highest BCUT2D eigenvalue weighted by molar-refractivity contribution is 5.69. The Morgan fingerprint density at radius 2 is 1.42 bits per heavy atom. The third-order valence-corrected chi connectivity index (χ3v) is 5.41. The van der Waals surface area contributed by atoms with Gasteiger partial charge in [0.05, 0.1) is 6.54 Å². The first kappa shape index (κ1) is 24.3. The van der Waals surface area contributed by atoms with Crippen molar-refractivity contribution in [3.63, 3.8) is 0 Å². The number of carbonyl (C=O) groups is 1. The molecule has 5 nitrogen and oxygen atoms in total. The molecule has 0 amide bonds. The summed E-state index contributed by atoms with van der Waals surface area (Å²) in [6.45, 7) is 7.18. The van der Waals surface area contributed by atoms with Gasteiger partial charge in [-0.25, -0.2) is 0 Å². The largest absolute Gasteiger partial charge is 0.486 e. The number of aliphatic carboxylic acids is 1. The average Bonchev–Trinajstić information content (AvgIpc) is 2.77. The van der Waals surface area contributed by atoms with Crippen LogP contribution in [0.3, 0.4) is 0 Å². The fourth-order valence-electron chi connectivity index (χ4n) is 3.52. The van der Waals surface area contributed by atoms with E-state index in [-0.39, 0.29) is 18.1 Å². The molecule has 0 saturated heterocycles. The van der Waals surface area contributed by atoms with Gasteiger partial charge >= 0.3 is 5.97 Å². The van der Waals surface area contributed by atoms with Crippen molar-refractivity contribution in [2.24, 2.45) is 0 Å². The molecule has 3 aromatic carbocycles. The van der Waals surface area contributed by atoms with E-state index in [1.165, 1.54) is 5.56 Å². The summed E-state index contributed by atoms with van der Waals surface area (Å²) < 4.78 is 12.3. The molecule has 0 aliphatic rings. The van der Waals surface area contributed by atoms with Crippen LogP contribution in [0.15, 0.2) is 78.9 Å². The lowest BCUT2D eigenvalue weighted by Gasteiger charge is -2.22. The van der Waals surface area contributed by atoms with Crippen molar-refractivity contribution in [3.8, 4) is 17.2 Å². The van der Waals surface area contributed by atoms with Gasteiger partial charge in [0.1, 0.15) is 23.4 Å². The molecule has 174 valence electrons. The number of carboxylic acids is 1. The van der Waals surface area contributed by atoms with Gasteiger partial charge in [-0.15, -0.1) is 0 Å². The number of carboxylic acid groups (broad SMARTS) is 1. The number of rotatable bonds is 10. The predicted molar refractivity (Wildman–Crippen MR) is 131 cm³/mol. The second-order valence-electron chi connectivity index (χ2n) is 9.29. The van der Waals surface area contributed by atoms with E-state index in [1.807, 2.05) is 66.7 Å². The van der Waals surface area contributed by atoms with Crippen LogP contribution in [0.2, 0.25) is 0 Å². The van der Waals surface area contributed by atoms with E-state index in [0.717, 1.165) is 22.8 Å². The molecule has 0 spiro atoms. The van der Waals surface area contributed by atoms with Crippen molar-refractivity contribution in [2.75, 3.05) is 20.1 Å². The Labute approximate surface area is 196 Å². The maximum absolute atomic E-state index is 11.0. The monoisotopic (exact) mass is 447 g/mol. The highest BCUT2D eigenvalue weighted by atomic mass is 16.5. The summed E-state index contributed by atoms with van der Waals surface area (Å²) in [5, 5.41) is 9.00. The van der Waals surface area contributed by atoms with E-state index in [2.05, 4.69) is 32.9 Å². The van der Waals surface area contributed by atoms with Gasteiger partial charge in [0, 0.05) is 13.0 Å². The lowest BCUT2D eigenvalue weighted by Crippen LogP contribution is -2.28. The van der Waals surface area contributed by atoms with Crippen molar-refractivity contribution in [1.29, 1.82) is 0 Å². The van der Waals surface area contributed by atoms with E-state index in [4.69, 9.17) is 14.6 Å². The van der Waals surface area contributed by atoms with Crippen molar-refractivity contribution in [3.05, 3.63) is 90.0 Å². The van der Waals surface area contributed by atoms with Crippen LogP contribution in [0.1, 0.15) is 44.4 Å². The lowest BCUT2D eigenvalue weighted by atomic mass is 9.87. The number of hydrogen-bond donors (Lipinski definition) is 1. The molecule has 5 heteroatoms. The molecule has 3 aromatic rings. The Bertz CT molecular complexity index is 1010. The van der Waals surface area contributed by atoms with Crippen molar-refractivity contribution in [2.45, 2.75) is 38.7 Å². The fraction of sp³-hybridized carbons (Fsp3) is 0.321. The zero-order valence-corrected chi connectivity index (χ0v) is 19.8. The Morgan fingerprint density at radius 1 is 0.879 bits per heavy atom. The van der Waals surface area contributed by atoms with Crippen molar-refractivity contribution >= 4 is 5.97 Å². The zero-order valence-electron chi connectivity index (χ0n) is 19.8. The second-order valence-corrected chi connectivity index (χ2v) is 9.29. The maximum atomic E-state index is 11.0. The second kappa shape index (κ2) is 11.0. The number of hydrogen-bond acceptors (Lipinski definition) is 4. The van der Waals surface area contributed by atoms with Crippen LogP contribution in [0.5, 0.6) is 17.2 Å². The number of ether oxygens (including phenoxy) is 2. The SMILES string of the molecule is CN(CCC(Oc1ccc(Oc2ccc(C(C)(C)C)cc2)cc1)c1ccccc1)CC(=O)O. The molecule has 1 unspecified atom stereocenters. The molecule has 0 saturated carbocycles. The summed E-state index contributed by atoms with van der Waals surface area (Å²) in [7, 11) is 1.80. The van der Waals surface area contributed by atoms with Crippen LogP contribution in [-0.4, -0.2) is 36.1 Å². The average molecular weight is 448 g/mol. The van der Waals surface area contributed by atoms with Gasteiger partial charge < -0.3 is 14.6 Å². The smallest absolute Gasteiger partial charge is 0.317 e. The van der Waals surface area contributed by atoms with Crippen LogP contribution < -0.4 is 9.47 Å². The van der Waals surface area contributed by atoms with Crippen molar-refractivity contribution < 1.29 is 19.4 Å². The topological polar surface area (TPSA) is 59.0 Å². The molecule has 0 bridgehead atoms. The number of nitrogens with zero attached hydrogens (tertiary/aromatic N) is 1. The van der Waals surface area contributed by atoms with E-state index in [0.29, 0.717) is 13.0 Å². The van der Waals surface area contributed by atoms with Gasteiger partial charge in [-0.2, -0.15) is 0 Å². The zero-order chi connectivity index (χ0) is 23.8. The molecule has 1 N–H and O–H groups in total. The van der Waals surface area contributed by atoms with Crippen LogP contribution >= 0.6 is 0 Å². The minimum atomic E-state index is -0.835. The van der Waals surface area contributed by atoms with Crippen LogP contribution in [-0.2, 0) is 10.2 Å². The Hall–Kier alpha value is -3.31. The normalized spacial score (nSPS) is 12.4. The Morgan fingerprint density at radius 3 is 1.97 bits per heavy atom. The van der Waals surface area contributed by atoms with Gasteiger partial charge in [-0.3, -0.25) is 9.69 Å². The molecule has 33 heavy (non-hydrogen) atoms. The molecule has 1 atom stereocenters. The van der Waals surface area contributed by atoms with Crippen molar-refractivity contribution in [1.82, 2.24) is 4.90 Å². The summed E-state index contributed by atoms with van der Waals surface area (Å²) in [4.78, 5) is 12.7. The third-order valence-electron chi connectivity index (χ3n) is 5.41. The number of likely N-dealkylation sites (N-methyl/N-ethyl adjacent to an activating group) is 1. The van der Waals surface area contributed by atoms with Gasteiger partial charge in [0.2, 0.25) is 0 Å². The molecular weight excluding hydrogens is 414 g/mol. The Kier molecular flexibility index (Phi) is 8.12. The van der Waals surface area contributed by atoms with E-state index in [9.17, 15) is 4.79 Å². The van der Waals surface area contributed by atoms with Gasteiger partial charge in [-0.05, 0) is 60.0 Å². The van der Waals surface area contributed by atoms with E-state index >= 15 is 0 Å². The lowest BCUT2D eigenvalue weighted by molar-refractivity contribution is -0.138. The summed E-state index contributed by atoms with van der Waals surface area (Å²) >= 11 is 0. The standard InChI is InChI=1S/C28H33NO4/c1-28(2,3)22-10-12-23(13-11-22)32-24-14-16-25(17-15-24)33-26(21-8-6-5-7-9-21)18-19-29(4)20-27(30)31/h5-17,26H,18-20H2,1-4H3,(H,30,31). The molecule has 3 rings (SSSR count). The minimum absolute atomic E-state index is 0.00424. The molecule has 0 aromatic heterocycles. The van der Waals surface area contributed by atoms with E-state index in [1.54, 1.807) is 11.9 Å². The number of benzene rings is 3. The quantitative estimate of drug-likeness (QED) is 0.395. The summed E-state index contributed by atoms with van der Waals surface area (Å²) in [5.74, 6) is 1.43. The predicted octanol–water partition coefficient (Wildman–Crippen LogP) is 6.30. The summed E-state index contributed by atoms with van der Waals surface area (Å²) in [6, 6.07) is 25.7. The highest BCUT2D eigenvalue weighted by Gasteiger charge is 2.16. The van der Waals surface area contributed by atoms with Crippen LogP contribution in [0, 0.1) is 0 Å². The Balaban J connectivity index is 1.65.